The predicted molar refractivity (Wildman–Crippen MR) is 151 cm³/mol. The molecular formula is C27H23BrClN5O2S. The molecule has 0 bridgehead atoms. The van der Waals surface area contributed by atoms with Crippen LogP contribution in [0.4, 0.5) is 11.6 Å². The lowest BCUT2D eigenvalue weighted by Gasteiger charge is -2.28. The first-order valence-electron chi connectivity index (χ1n) is 11.5. The van der Waals surface area contributed by atoms with Crippen molar-refractivity contribution in [3.63, 3.8) is 0 Å². The molecule has 0 fully saturated rings. The number of carbonyl (C=O) groups excluding carboxylic acids is 1. The number of aromatic hydroxyl groups is 1. The first-order chi connectivity index (χ1) is 17.8. The van der Waals surface area contributed by atoms with Gasteiger partial charge in [-0.05, 0) is 76.8 Å². The number of fused-ring (bicyclic) bond motifs is 1. The van der Waals surface area contributed by atoms with Gasteiger partial charge in [0.15, 0.2) is 0 Å². The van der Waals surface area contributed by atoms with E-state index < -0.39 is 6.04 Å². The van der Waals surface area contributed by atoms with Crippen LogP contribution in [0.15, 0.2) is 87.6 Å². The molecule has 0 saturated heterocycles. The zero-order valence-electron chi connectivity index (χ0n) is 20.0. The van der Waals surface area contributed by atoms with Crippen LogP contribution < -0.4 is 10.6 Å². The van der Waals surface area contributed by atoms with Crippen molar-refractivity contribution in [2.45, 2.75) is 30.8 Å². The monoisotopic (exact) mass is 595 g/mol. The highest BCUT2D eigenvalue weighted by molar-refractivity contribution is 9.10. The van der Waals surface area contributed by atoms with E-state index in [1.807, 2.05) is 68.4 Å². The van der Waals surface area contributed by atoms with Gasteiger partial charge in [-0.25, -0.2) is 4.68 Å². The van der Waals surface area contributed by atoms with E-state index in [1.54, 1.807) is 16.8 Å². The SMILES string of the molecule is CC1=C(C(=O)Nc2cccc(C)c2)C(c2ccc(Br)c(O)c2)n2nc(SCc3ccccc3Cl)nc2N1. The Bertz CT molecular complexity index is 1540. The fraction of sp³-hybridized carbons (Fsp3) is 0.148. The molecule has 3 aromatic carbocycles. The first-order valence-corrected chi connectivity index (χ1v) is 13.6. The summed E-state index contributed by atoms with van der Waals surface area (Å²) in [5.74, 6) is 0.912. The maximum atomic E-state index is 13.6. The van der Waals surface area contributed by atoms with E-state index in [0.717, 1.165) is 11.1 Å². The molecule has 1 aromatic heterocycles. The van der Waals surface area contributed by atoms with Crippen LogP contribution in [0.2, 0.25) is 5.02 Å². The zero-order chi connectivity index (χ0) is 26.1. The third-order valence-electron chi connectivity index (χ3n) is 5.95. The van der Waals surface area contributed by atoms with Gasteiger partial charge in [-0.1, -0.05) is 59.8 Å². The first kappa shape index (κ1) is 25.4. The number of amides is 1. The number of nitrogens with one attached hydrogen (secondary N) is 2. The number of phenols is 1. The van der Waals surface area contributed by atoms with E-state index in [-0.39, 0.29) is 11.7 Å². The normalized spacial score (nSPS) is 14.8. The van der Waals surface area contributed by atoms with Crippen LogP contribution in [0.3, 0.4) is 0 Å². The molecule has 2 heterocycles. The van der Waals surface area contributed by atoms with Crippen LogP contribution in [0.25, 0.3) is 0 Å². The lowest BCUT2D eigenvalue weighted by Crippen LogP contribution is -2.31. The smallest absolute Gasteiger partial charge is 0.255 e. The summed E-state index contributed by atoms with van der Waals surface area (Å²) in [5, 5.41) is 22.7. The third-order valence-corrected chi connectivity index (χ3v) is 7.88. The molecule has 1 aliphatic rings. The van der Waals surface area contributed by atoms with Gasteiger partial charge >= 0.3 is 0 Å². The predicted octanol–water partition coefficient (Wildman–Crippen LogP) is 6.93. The number of aromatic nitrogens is 3. The zero-order valence-corrected chi connectivity index (χ0v) is 23.2. The molecule has 37 heavy (non-hydrogen) atoms. The number of phenolic OH excluding ortho intramolecular Hbond substituents is 1. The summed E-state index contributed by atoms with van der Waals surface area (Å²) in [7, 11) is 0. The summed E-state index contributed by atoms with van der Waals surface area (Å²) < 4.78 is 2.25. The van der Waals surface area contributed by atoms with Gasteiger partial charge in [0, 0.05) is 22.2 Å². The van der Waals surface area contributed by atoms with Crippen molar-refractivity contribution < 1.29 is 9.90 Å². The van der Waals surface area contributed by atoms with Gasteiger partial charge < -0.3 is 15.7 Å². The Kier molecular flexibility index (Phi) is 7.28. The van der Waals surface area contributed by atoms with Gasteiger partial charge in [0.2, 0.25) is 11.1 Å². The molecule has 0 spiro atoms. The standard InChI is InChI=1S/C27H23BrClN5O2S/c1-15-6-5-8-19(12-15)31-25(36)23-16(2)30-26-32-27(37-14-18-7-3-4-9-21(18)29)33-34(26)24(23)17-10-11-20(28)22(35)13-17/h3-13,24,35H,14H2,1-2H3,(H,31,36)(H,30,32,33). The van der Waals surface area contributed by atoms with Gasteiger partial charge in [-0.2, -0.15) is 4.98 Å². The second-order valence-electron chi connectivity index (χ2n) is 8.64. The van der Waals surface area contributed by atoms with Crippen LogP contribution in [0, 0.1) is 6.92 Å². The number of halogens is 2. The number of rotatable bonds is 6. The van der Waals surface area contributed by atoms with E-state index in [1.165, 1.54) is 11.8 Å². The van der Waals surface area contributed by atoms with Crippen molar-refractivity contribution >= 4 is 56.8 Å². The van der Waals surface area contributed by atoms with Crippen LogP contribution in [0.1, 0.15) is 29.7 Å². The average molecular weight is 597 g/mol. The molecule has 5 rings (SSSR count). The number of thioether (sulfide) groups is 1. The lowest BCUT2D eigenvalue weighted by atomic mass is 9.95. The van der Waals surface area contributed by atoms with E-state index in [0.29, 0.717) is 48.9 Å². The van der Waals surface area contributed by atoms with Crippen molar-refractivity contribution in [3.05, 3.63) is 104 Å². The van der Waals surface area contributed by atoms with Crippen LogP contribution in [-0.2, 0) is 10.5 Å². The van der Waals surface area contributed by atoms with Crippen molar-refractivity contribution in [2.24, 2.45) is 0 Å². The summed E-state index contributed by atoms with van der Waals surface area (Å²) in [6, 6.07) is 19.9. The van der Waals surface area contributed by atoms with Crippen LogP contribution >= 0.6 is 39.3 Å². The number of hydrogen-bond acceptors (Lipinski definition) is 6. The van der Waals surface area contributed by atoms with E-state index in [2.05, 4.69) is 31.5 Å². The molecule has 7 nitrogen and oxygen atoms in total. The summed E-state index contributed by atoms with van der Waals surface area (Å²) in [6.07, 6.45) is 0. The maximum absolute atomic E-state index is 13.6. The molecule has 0 radical (unpaired) electrons. The van der Waals surface area contributed by atoms with Gasteiger partial charge in [-0.3, -0.25) is 4.79 Å². The molecular weight excluding hydrogens is 574 g/mol. The second-order valence-corrected chi connectivity index (χ2v) is 10.8. The topological polar surface area (TPSA) is 92.1 Å². The summed E-state index contributed by atoms with van der Waals surface area (Å²) in [5.41, 5.74) is 4.55. The molecule has 0 saturated carbocycles. The van der Waals surface area contributed by atoms with Gasteiger partial charge in [0.1, 0.15) is 11.8 Å². The number of aryl methyl sites for hydroxylation is 1. The van der Waals surface area contributed by atoms with E-state index in [9.17, 15) is 9.90 Å². The molecule has 10 heteroatoms. The van der Waals surface area contributed by atoms with Crippen LogP contribution in [0.5, 0.6) is 5.75 Å². The third kappa shape index (κ3) is 5.39. The molecule has 1 aliphatic heterocycles. The summed E-state index contributed by atoms with van der Waals surface area (Å²) in [6.45, 7) is 3.81. The molecule has 1 unspecified atom stereocenters. The maximum Gasteiger partial charge on any atom is 0.255 e. The fourth-order valence-electron chi connectivity index (χ4n) is 4.17. The second kappa shape index (κ2) is 10.6. The lowest BCUT2D eigenvalue weighted by molar-refractivity contribution is -0.113. The molecule has 1 atom stereocenters. The highest BCUT2D eigenvalue weighted by atomic mass is 79.9. The highest BCUT2D eigenvalue weighted by Crippen LogP contribution is 2.39. The Balaban J connectivity index is 1.52. The largest absolute Gasteiger partial charge is 0.507 e. The van der Waals surface area contributed by atoms with Crippen molar-refractivity contribution in [3.8, 4) is 5.75 Å². The molecule has 3 N–H and O–H groups in total. The Morgan fingerprint density at radius 2 is 1.97 bits per heavy atom. The minimum Gasteiger partial charge on any atom is -0.507 e. The quantitative estimate of drug-likeness (QED) is 0.209. The van der Waals surface area contributed by atoms with Crippen LogP contribution in [-0.4, -0.2) is 25.8 Å². The molecule has 4 aromatic rings. The Morgan fingerprint density at radius 3 is 2.73 bits per heavy atom. The fourth-order valence-corrected chi connectivity index (χ4v) is 5.54. The molecule has 1 amide bonds. The Hall–Kier alpha value is -3.27. The number of carbonyl (C=O) groups is 1. The van der Waals surface area contributed by atoms with E-state index in [4.69, 9.17) is 16.7 Å². The number of nitrogens with zero attached hydrogens (tertiary/aromatic N) is 3. The van der Waals surface area contributed by atoms with Gasteiger partial charge in [0.05, 0.1) is 10.0 Å². The number of hydrogen-bond donors (Lipinski definition) is 3. The number of anilines is 2. The average Bonchev–Trinajstić information content (AvgIpc) is 3.26. The van der Waals surface area contributed by atoms with Gasteiger partial charge in [-0.15, -0.1) is 5.10 Å². The minimum absolute atomic E-state index is 0.0714. The number of benzene rings is 3. The Labute approximate surface area is 232 Å². The summed E-state index contributed by atoms with van der Waals surface area (Å²) >= 11 is 11.1. The van der Waals surface area contributed by atoms with Gasteiger partial charge in [0.25, 0.3) is 5.91 Å². The van der Waals surface area contributed by atoms with Crippen molar-refractivity contribution in [1.82, 2.24) is 14.8 Å². The summed E-state index contributed by atoms with van der Waals surface area (Å²) in [4.78, 5) is 18.3. The van der Waals surface area contributed by atoms with E-state index >= 15 is 0 Å². The number of allylic oxidation sites excluding steroid dienone is 1. The molecule has 188 valence electrons. The molecule has 0 aliphatic carbocycles. The minimum atomic E-state index is -0.609. The Morgan fingerprint density at radius 1 is 1.16 bits per heavy atom. The van der Waals surface area contributed by atoms with Crippen molar-refractivity contribution in [1.29, 1.82) is 0 Å². The highest BCUT2D eigenvalue weighted by Gasteiger charge is 2.35. The van der Waals surface area contributed by atoms with Crippen molar-refractivity contribution in [2.75, 3.05) is 10.6 Å².